The van der Waals surface area contributed by atoms with Gasteiger partial charge in [-0.05, 0) is 37.1 Å². The fourth-order valence-corrected chi connectivity index (χ4v) is 7.43. The fourth-order valence-electron chi connectivity index (χ4n) is 7.43. The molecule has 1 N–H and O–H groups in total. The lowest BCUT2D eigenvalue weighted by molar-refractivity contribution is -0.212. The molecule has 10 heteroatoms. The van der Waals surface area contributed by atoms with Gasteiger partial charge < -0.3 is 29.1 Å². The van der Waals surface area contributed by atoms with E-state index in [4.69, 9.17) is 14.2 Å². The first-order chi connectivity index (χ1) is 17.5. The molecule has 2 spiro atoms. The van der Waals surface area contributed by atoms with Crippen LogP contribution in [0, 0.1) is 16.2 Å². The van der Waals surface area contributed by atoms with Crippen LogP contribution >= 0.6 is 0 Å². The molecular formula is C27H32N2O8. The Bertz CT molecular complexity index is 1180. The van der Waals surface area contributed by atoms with E-state index >= 15 is 0 Å². The molecular weight excluding hydrogens is 480 g/mol. The second-order valence-corrected chi connectivity index (χ2v) is 11.9. The zero-order valence-corrected chi connectivity index (χ0v) is 21.3. The summed E-state index contributed by atoms with van der Waals surface area (Å²) in [7, 11) is 0. The van der Waals surface area contributed by atoms with Crippen molar-refractivity contribution in [3.05, 3.63) is 35.9 Å². The Morgan fingerprint density at radius 2 is 1.81 bits per heavy atom. The van der Waals surface area contributed by atoms with Gasteiger partial charge >= 0.3 is 17.9 Å². The molecule has 10 nitrogen and oxygen atoms in total. The Hall–Kier alpha value is -2.98. The predicted molar refractivity (Wildman–Crippen MR) is 127 cm³/mol. The van der Waals surface area contributed by atoms with Crippen molar-refractivity contribution in [3.8, 4) is 0 Å². The Morgan fingerprint density at radius 3 is 2.43 bits per heavy atom. The summed E-state index contributed by atoms with van der Waals surface area (Å²) in [4.78, 5) is 57.4. The van der Waals surface area contributed by atoms with E-state index in [1.165, 1.54) is 4.90 Å². The van der Waals surface area contributed by atoms with Gasteiger partial charge in [0.25, 0.3) is 5.91 Å². The third kappa shape index (κ3) is 2.88. The first-order valence-electron chi connectivity index (χ1n) is 12.9. The van der Waals surface area contributed by atoms with Crippen LogP contribution in [-0.2, 0) is 28.6 Å². The van der Waals surface area contributed by atoms with Gasteiger partial charge in [-0.2, -0.15) is 0 Å². The van der Waals surface area contributed by atoms with Gasteiger partial charge in [0, 0.05) is 19.5 Å². The largest absolute Gasteiger partial charge is 0.461 e. The van der Waals surface area contributed by atoms with Gasteiger partial charge in [-0.3, -0.25) is 14.4 Å². The van der Waals surface area contributed by atoms with Gasteiger partial charge in [-0.25, -0.2) is 4.79 Å². The Kier molecular flexibility index (Phi) is 5.11. The van der Waals surface area contributed by atoms with E-state index in [0.29, 0.717) is 6.54 Å². The number of hydrogen-bond acceptors (Lipinski definition) is 9. The second-order valence-electron chi connectivity index (χ2n) is 11.9. The number of aliphatic hydroxyl groups is 1. The molecule has 1 saturated carbocycles. The van der Waals surface area contributed by atoms with Crippen LogP contribution in [0.2, 0.25) is 0 Å². The topological polar surface area (TPSA) is 123 Å². The van der Waals surface area contributed by atoms with E-state index in [9.17, 15) is 24.3 Å². The monoisotopic (exact) mass is 512 g/mol. The maximum absolute atomic E-state index is 14.1. The Balaban J connectivity index is 1.52. The molecule has 4 heterocycles. The molecule has 5 aliphatic rings. The van der Waals surface area contributed by atoms with Crippen LogP contribution in [0.5, 0.6) is 0 Å². The highest BCUT2D eigenvalue weighted by Gasteiger charge is 2.93. The molecule has 0 aromatic heterocycles. The zero-order valence-electron chi connectivity index (χ0n) is 21.3. The first kappa shape index (κ1) is 24.4. The van der Waals surface area contributed by atoms with Crippen molar-refractivity contribution in [3.63, 3.8) is 0 Å². The summed E-state index contributed by atoms with van der Waals surface area (Å²) >= 11 is 0. The summed E-state index contributed by atoms with van der Waals surface area (Å²) in [6.07, 6.45) is -3.09. The number of likely N-dealkylation sites (tertiary alicyclic amines) is 2. The molecule has 1 aromatic rings. The Labute approximate surface area is 214 Å². The van der Waals surface area contributed by atoms with E-state index in [1.807, 2.05) is 0 Å². The predicted octanol–water partition coefficient (Wildman–Crippen LogP) is 1.11. The number of hydrogen-bond donors (Lipinski definition) is 1. The lowest BCUT2D eigenvalue weighted by Gasteiger charge is -2.51. The number of nitrogens with zero attached hydrogens (tertiary/aromatic N) is 2. The van der Waals surface area contributed by atoms with Crippen LogP contribution in [-0.4, -0.2) is 88.9 Å². The van der Waals surface area contributed by atoms with Gasteiger partial charge in [-0.15, -0.1) is 0 Å². The number of esters is 3. The molecule has 1 aromatic carbocycles. The molecule has 198 valence electrons. The molecule has 6 rings (SSSR count). The van der Waals surface area contributed by atoms with Gasteiger partial charge in [0.15, 0.2) is 12.3 Å². The van der Waals surface area contributed by atoms with Crippen LogP contribution in [0.3, 0.4) is 0 Å². The minimum atomic E-state index is -1.75. The number of rotatable bonds is 5. The number of benzene rings is 1. The van der Waals surface area contributed by atoms with Crippen molar-refractivity contribution >= 4 is 23.8 Å². The molecule has 6 atom stereocenters. The fraction of sp³-hybridized carbons (Fsp3) is 0.630. The summed E-state index contributed by atoms with van der Waals surface area (Å²) in [5, 5.41) is 12.6. The van der Waals surface area contributed by atoms with E-state index in [1.54, 1.807) is 51.1 Å². The highest BCUT2D eigenvalue weighted by atomic mass is 16.6. The lowest BCUT2D eigenvalue weighted by atomic mass is 9.52. The van der Waals surface area contributed by atoms with Crippen LogP contribution in [0.25, 0.3) is 0 Å². The SMILES string of the molecule is CC(C)(C)[C@]1(O)C[C@@H]2OC(=O)C[C@@]23C(=O)O[C@@H]2N(CCN4CCC4)C(=O)[C@H](OC(=O)c4ccccc4)[C@]213. The number of carbonyl (C=O) groups is 4. The normalized spacial score (nSPS) is 38.5. The van der Waals surface area contributed by atoms with Crippen molar-refractivity contribution in [1.82, 2.24) is 9.80 Å². The van der Waals surface area contributed by atoms with Crippen molar-refractivity contribution in [2.24, 2.45) is 16.2 Å². The molecule has 1 amide bonds. The molecule has 4 aliphatic heterocycles. The maximum atomic E-state index is 14.1. The average molecular weight is 513 g/mol. The minimum Gasteiger partial charge on any atom is -0.461 e. The first-order valence-corrected chi connectivity index (χ1v) is 12.9. The summed E-state index contributed by atoms with van der Waals surface area (Å²) in [5.41, 5.74) is -5.80. The van der Waals surface area contributed by atoms with Crippen molar-refractivity contribution < 1.29 is 38.5 Å². The third-order valence-corrected chi connectivity index (χ3v) is 9.41. The molecule has 0 radical (unpaired) electrons. The zero-order chi connectivity index (χ0) is 26.4. The van der Waals surface area contributed by atoms with Gasteiger partial charge in [0.05, 0.1) is 17.6 Å². The number of ether oxygens (including phenoxy) is 3. The standard InChI is InChI=1S/C27H32N2O8/c1-24(2,3)26(34)14-17-25(15-18(30)35-17)23(33)37-22-27(25,26)19(36-21(32)16-8-5-4-6-9-16)20(31)29(22)13-12-28-10-7-11-28/h4-6,8-9,17,19,22,34H,7,10-15H2,1-3H3/t17-,19-,22-,25-,26+,27+/m0/s1. The van der Waals surface area contributed by atoms with Gasteiger partial charge in [-0.1, -0.05) is 39.0 Å². The van der Waals surface area contributed by atoms with E-state index in [0.717, 1.165) is 19.5 Å². The summed E-state index contributed by atoms with van der Waals surface area (Å²) in [6.45, 7) is 8.02. The minimum absolute atomic E-state index is 0.0690. The molecule has 4 saturated heterocycles. The van der Waals surface area contributed by atoms with Crippen LogP contribution < -0.4 is 0 Å². The molecule has 5 fully saturated rings. The van der Waals surface area contributed by atoms with Crippen molar-refractivity contribution in [2.75, 3.05) is 26.2 Å². The van der Waals surface area contributed by atoms with Gasteiger partial charge in [0.2, 0.25) is 0 Å². The van der Waals surface area contributed by atoms with E-state index in [-0.39, 0.29) is 24.9 Å². The van der Waals surface area contributed by atoms with E-state index < -0.39 is 64.1 Å². The summed E-state index contributed by atoms with van der Waals surface area (Å²) < 4.78 is 17.5. The van der Waals surface area contributed by atoms with Crippen LogP contribution in [0.1, 0.15) is 50.4 Å². The highest BCUT2D eigenvalue weighted by molar-refractivity contribution is 5.99. The quantitative estimate of drug-likeness (QED) is 0.457. The maximum Gasteiger partial charge on any atom is 0.338 e. The van der Waals surface area contributed by atoms with Crippen molar-refractivity contribution in [1.29, 1.82) is 0 Å². The number of amides is 1. The molecule has 0 bridgehead atoms. The Morgan fingerprint density at radius 1 is 1.11 bits per heavy atom. The molecule has 37 heavy (non-hydrogen) atoms. The van der Waals surface area contributed by atoms with Gasteiger partial charge in [0.1, 0.15) is 16.9 Å². The molecule has 0 unspecified atom stereocenters. The smallest absolute Gasteiger partial charge is 0.338 e. The van der Waals surface area contributed by atoms with Crippen LogP contribution in [0.4, 0.5) is 0 Å². The lowest BCUT2D eigenvalue weighted by Crippen LogP contribution is -2.66. The summed E-state index contributed by atoms with van der Waals surface area (Å²) in [5.74, 6) is -2.59. The third-order valence-electron chi connectivity index (χ3n) is 9.41. The average Bonchev–Trinajstić information content (AvgIpc) is 3.41. The van der Waals surface area contributed by atoms with Crippen molar-refractivity contribution in [2.45, 2.75) is 64.1 Å². The highest BCUT2D eigenvalue weighted by Crippen LogP contribution is 2.76. The summed E-state index contributed by atoms with van der Waals surface area (Å²) in [6, 6.07) is 8.25. The van der Waals surface area contributed by atoms with Crippen LogP contribution in [0.15, 0.2) is 30.3 Å². The second kappa shape index (κ2) is 7.77. The van der Waals surface area contributed by atoms with E-state index in [2.05, 4.69) is 4.90 Å². The molecule has 1 aliphatic carbocycles. The number of carbonyl (C=O) groups excluding carboxylic acids is 4.